The summed E-state index contributed by atoms with van der Waals surface area (Å²) < 4.78 is 13.2. The lowest BCUT2D eigenvalue weighted by atomic mass is 9.85. The fraction of sp³-hybridized carbons (Fsp3) is 0.500. The molecule has 1 atom stereocenters. The fourth-order valence-electron chi connectivity index (χ4n) is 3.20. The Bertz CT molecular complexity index is 577. The first-order valence-corrected chi connectivity index (χ1v) is 7.72. The van der Waals surface area contributed by atoms with Crippen LogP contribution in [0.4, 0.5) is 10.1 Å². The molecule has 120 valence electrons. The molecule has 22 heavy (non-hydrogen) atoms. The number of halogens is 1. The Morgan fingerprint density at radius 2 is 1.91 bits per heavy atom. The van der Waals surface area contributed by atoms with Crippen molar-refractivity contribution in [2.45, 2.75) is 33.2 Å². The van der Waals surface area contributed by atoms with Crippen LogP contribution in [0.25, 0.3) is 0 Å². The summed E-state index contributed by atoms with van der Waals surface area (Å²) in [6, 6.07) is 6.44. The van der Waals surface area contributed by atoms with E-state index in [1.807, 2.05) is 31.9 Å². The van der Waals surface area contributed by atoms with E-state index in [2.05, 4.69) is 18.7 Å². The number of Topliss-reactive ketones (excluding diaryl/α,β-unsaturated/α-hetero) is 1. The van der Waals surface area contributed by atoms with E-state index >= 15 is 0 Å². The molecule has 0 saturated heterocycles. The number of anilines is 1. The van der Waals surface area contributed by atoms with Crippen molar-refractivity contribution >= 4 is 11.5 Å². The van der Waals surface area contributed by atoms with Crippen molar-refractivity contribution in [2.75, 3.05) is 25.0 Å². The van der Waals surface area contributed by atoms with Crippen molar-refractivity contribution in [3.63, 3.8) is 0 Å². The number of likely N-dealkylation sites (N-methyl/N-ethyl adjacent to an activating group) is 1. The van der Waals surface area contributed by atoms with E-state index in [4.69, 9.17) is 0 Å². The zero-order chi connectivity index (χ0) is 16.5. The van der Waals surface area contributed by atoms with Gasteiger partial charge in [0.15, 0.2) is 5.78 Å². The second kappa shape index (κ2) is 6.21. The normalized spacial score (nSPS) is 20.4. The number of hydrogen-bond acceptors (Lipinski definition) is 3. The van der Waals surface area contributed by atoms with Gasteiger partial charge in [0.2, 0.25) is 0 Å². The van der Waals surface area contributed by atoms with Gasteiger partial charge in [0.05, 0.1) is 18.0 Å². The number of allylic oxidation sites excluding steroid dienone is 1. The molecule has 4 heteroatoms. The van der Waals surface area contributed by atoms with Crippen molar-refractivity contribution in [3.05, 3.63) is 41.9 Å². The van der Waals surface area contributed by atoms with Crippen LogP contribution in [0.15, 0.2) is 36.0 Å². The Balaban J connectivity index is 2.27. The molecule has 0 aromatic heterocycles. The Kier molecular flexibility index (Phi) is 4.71. The average Bonchev–Trinajstić information content (AvgIpc) is 2.70. The molecule has 1 heterocycles. The number of hydrogen-bond donors (Lipinski definition) is 0. The minimum atomic E-state index is -0.354. The number of carbonyl (C=O) groups excluding carboxylic acids is 1. The maximum absolute atomic E-state index is 13.2. The topological polar surface area (TPSA) is 23.6 Å². The van der Waals surface area contributed by atoms with Crippen molar-refractivity contribution in [3.8, 4) is 0 Å². The van der Waals surface area contributed by atoms with Gasteiger partial charge in [-0.3, -0.25) is 9.69 Å². The Morgan fingerprint density at radius 3 is 2.45 bits per heavy atom. The number of nitrogens with zero attached hydrogens (tertiary/aromatic N) is 2. The zero-order valence-corrected chi connectivity index (χ0v) is 14.1. The highest BCUT2D eigenvalue weighted by Gasteiger charge is 2.44. The quantitative estimate of drug-likeness (QED) is 0.832. The van der Waals surface area contributed by atoms with Crippen LogP contribution in [0.5, 0.6) is 0 Å². The molecule has 0 N–H and O–H groups in total. The standard InChI is InChI=1S/C18H25FN2O/c1-6-20(5)12-17(22)16-11-13(2)21(18(16,3)4)15-9-7-14(19)8-10-15/h7-11,16H,6,12H2,1-5H3. The van der Waals surface area contributed by atoms with Gasteiger partial charge in [0.25, 0.3) is 0 Å². The van der Waals surface area contributed by atoms with Crippen molar-refractivity contribution in [2.24, 2.45) is 5.92 Å². The molecule has 2 rings (SSSR count). The van der Waals surface area contributed by atoms with Gasteiger partial charge in [0.1, 0.15) is 5.82 Å². The highest BCUT2D eigenvalue weighted by atomic mass is 19.1. The number of rotatable bonds is 5. The molecule has 0 saturated carbocycles. The molecule has 0 bridgehead atoms. The van der Waals surface area contributed by atoms with Gasteiger partial charge in [-0.25, -0.2) is 4.39 Å². The van der Waals surface area contributed by atoms with E-state index in [-0.39, 0.29) is 23.1 Å². The molecular formula is C18H25FN2O. The molecule has 1 aromatic carbocycles. The summed E-state index contributed by atoms with van der Waals surface area (Å²) in [7, 11) is 1.95. The maximum atomic E-state index is 13.2. The lowest BCUT2D eigenvalue weighted by molar-refractivity contribution is -0.123. The Labute approximate surface area is 132 Å². The van der Waals surface area contributed by atoms with Gasteiger partial charge >= 0.3 is 0 Å². The van der Waals surface area contributed by atoms with E-state index in [0.717, 1.165) is 17.9 Å². The van der Waals surface area contributed by atoms with E-state index < -0.39 is 0 Å². The fourth-order valence-corrected chi connectivity index (χ4v) is 3.20. The van der Waals surface area contributed by atoms with E-state index in [9.17, 15) is 9.18 Å². The van der Waals surface area contributed by atoms with Crippen LogP contribution in [0.2, 0.25) is 0 Å². The lowest BCUT2D eigenvalue weighted by Crippen LogP contribution is -2.47. The van der Waals surface area contributed by atoms with Gasteiger partial charge in [-0.05, 0) is 58.6 Å². The second-order valence-electron chi connectivity index (χ2n) is 6.55. The molecule has 0 spiro atoms. The Hall–Kier alpha value is -1.68. The summed E-state index contributed by atoms with van der Waals surface area (Å²) in [5.41, 5.74) is 1.60. The van der Waals surface area contributed by atoms with Gasteiger partial charge in [-0.15, -0.1) is 0 Å². The summed E-state index contributed by atoms with van der Waals surface area (Å²) in [5, 5.41) is 0. The van der Waals surface area contributed by atoms with Crippen LogP contribution in [-0.2, 0) is 4.79 Å². The Morgan fingerprint density at radius 1 is 1.32 bits per heavy atom. The van der Waals surface area contributed by atoms with Crippen LogP contribution in [0.3, 0.4) is 0 Å². The van der Waals surface area contributed by atoms with Crippen LogP contribution < -0.4 is 4.90 Å². The summed E-state index contributed by atoms with van der Waals surface area (Å²) in [4.78, 5) is 16.8. The number of carbonyl (C=O) groups is 1. The third kappa shape index (κ3) is 3.07. The highest BCUT2D eigenvalue weighted by molar-refractivity contribution is 5.88. The number of benzene rings is 1. The molecular weight excluding hydrogens is 279 g/mol. The molecule has 0 aliphatic carbocycles. The highest BCUT2D eigenvalue weighted by Crippen LogP contribution is 2.40. The first-order chi connectivity index (χ1) is 10.3. The van der Waals surface area contributed by atoms with Crippen molar-refractivity contribution in [1.29, 1.82) is 0 Å². The largest absolute Gasteiger partial charge is 0.339 e. The molecule has 0 fully saturated rings. The monoisotopic (exact) mass is 304 g/mol. The second-order valence-corrected chi connectivity index (χ2v) is 6.55. The smallest absolute Gasteiger partial charge is 0.156 e. The summed E-state index contributed by atoms with van der Waals surface area (Å²) in [6.07, 6.45) is 2.04. The van der Waals surface area contributed by atoms with Gasteiger partial charge in [-0.2, -0.15) is 0 Å². The minimum Gasteiger partial charge on any atom is -0.339 e. The van der Waals surface area contributed by atoms with Gasteiger partial charge in [0, 0.05) is 11.4 Å². The molecule has 0 radical (unpaired) electrons. The lowest BCUT2D eigenvalue weighted by Gasteiger charge is -2.39. The van der Waals surface area contributed by atoms with E-state index in [1.54, 1.807) is 12.1 Å². The van der Waals surface area contributed by atoms with Gasteiger partial charge in [-0.1, -0.05) is 13.0 Å². The van der Waals surface area contributed by atoms with Crippen LogP contribution in [0.1, 0.15) is 27.7 Å². The summed E-state index contributed by atoms with van der Waals surface area (Å²) in [6.45, 7) is 9.48. The molecule has 0 amide bonds. The average molecular weight is 304 g/mol. The molecule has 3 nitrogen and oxygen atoms in total. The first kappa shape index (κ1) is 16.7. The van der Waals surface area contributed by atoms with E-state index in [1.165, 1.54) is 12.1 Å². The van der Waals surface area contributed by atoms with Crippen LogP contribution in [-0.4, -0.2) is 36.4 Å². The third-order valence-electron chi connectivity index (χ3n) is 4.50. The molecule has 1 aliphatic rings. The summed E-state index contributed by atoms with van der Waals surface area (Å²) in [5.74, 6) is -0.190. The predicted molar refractivity (Wildman–Crippen MR) is 88.4 cm³/mol. The first-order valence-electron chi connectivity index (χ1n) is 7.72. The third-order valence-corrected chi connectivity index (χ3v) is 4.50. The minimum absolute atomic E-state index is 0.161. The van der Waals surface area contributed by atoms with Gasteiger partial charge < -0.3 is 4.90 Å². The van der Waals surface area contributed by atoms with Crippen molar-refractivity contribution in [1.82, 2.24) is 4.90 Å². The van der Waals surface area contributed by atoms with Crippen molar-refractivity contribution < 1.29 is 9.18 Å². The SMILES string of the molecule is CCN(C)CC(=O)C1C=C(C)N(c2ccc(F)cc2)C1(C)C. The maximum Gasteiger partial charge on any atom is 0.156 e. The van der Waals surface area contributed by atoms with Crippen LogP contribution in [0, 0.1) is 11.7 Å². The summed E-state index contributed by atoms with van der Waals surface area (Å²) >= 11 is 0. The molecule has 1 aromatic rings. The van der Waals surface area contributed by atoms with E-state index in [0.29, 0.717) is 6.54 Å². The molecule has 1 aliphatic heterocycles. The number of ketones is 1. The van der Waals surface area contributed by atoms with Crippen LogP contribution >= 0.6 is 0 Å². The predicted octanol–water partition coefficient (Wildman–Crippen LogP) is 3.47. The zero-order valence-electron chi connectivity index (χ0n) is 14.1. The molecule has 1 unspecified atom stereocenters.